The van der Waals surface area contributed by atoms with Gasteiger partial charge in [0.15, 0.2) is 11.5 Å². The van der Waals surface area contributed by atoms with E-state index in [-0.39, 0.29) is 16.7 Å². The van der Waals surface area contributed by atoms with Crippen molar-refractivity contribution in [1.29, 1.82) is 0 Å². The Labute approximate surface area is 157 Å². The van der Waals surface area contributed by atoms with Crippen molar-refractivity contribution in [2.75, 3.05) is 18.5 Å². The Hall–Kier alpha value is -2.58. The zero-order valence-corrected chi connectivity index (χ0v) is 15.8. The van der Waals surface area contributed by atoms with Crippen LogP contribution in [0.25, 0.3) is 0 Å². The van der Waals surface area contributed by atoms with Gasteiger partial charge in [-0.1, -0.05) is 6.07 Å². The average molecular weight is 388 g/mol. The summed E-state index contributed by atoms with van der Waals surface area (Å²) in [4.78, 5) is 11.9. The van der Waals surface area contributed by atoms with Gasteiger partial charge in [0.05, 0.1) is 10.8 Å². The summed E-state index contributed by atoms with van der Waals surface area (Å²) in [5.74, 6) is 0.771. The first-order valence-electron chi connectivity index (χ1n) is 8.72. The minimum Gasteiger partial charge on any atom is -0.486 e. The second-order valence-corrected chi connectivity index (χ2v) is 8.42. The highest BCUT2D eigenvalue weighted by atomic mass is 32.2. The summed E-state index contributed by atoms with van der Waals surface area (Å²) in [7, 11) is -3.75. The zero-order chi connectivity index (χ0) is 19.2. The summed E-state index contributed by atoms with van der Waals surface area (Å²) in [6.07, 6.45) is 0. The van der Waals surface area contributed by atoms with E-state index in [1.54, 1.807) is 38.1 Å². The predicted molar refractivity (Wildman–Crippen MR) is 99.7 cm³/mol. The number of carbonyl (C=O) groups is 1. The monoisotopic (exact) mass is 388 g/mol. The lowest BCUT2D eigenvalue weighted by Gasteiger charge is -2.21. The first-order chi connectivity index (χ1) is 12.8. The first-order valence-corrected chi connectivity index (χ1v) is 10.2. The minimum atomic E-state index is -3.75. The lowest BCUT2D eigenvalue weighted by atomic mass is 10.0. The van der Waals surface area contributed by atoms with Crippen LogP contribution >= 0.6 is 0 Å². The van der Waals surface area contributed by atoms with Gasteiger partial charge in [0, 0.05) is 11.7 Å². The Bertz CT molecular complexity index is 1020. The van der Waals surface area contributed by atoms with Gasteiger partial charge in [0.25, 0.3) is 0 Å². The molecule has 0 saturated heterocycles. The number of hydrogen-bond acceptors (Lipinski definition) is 5. The molecule has 2 heterocycles. The van der Waals surface area contributed by atoms with Crippen molar-refractivity contribution in [3.05, 3.63) is 47.5 Å². The molecule has 0 spiro atoms. The molecular weight excluding hydrogens is 368 g/mol. The van der Waals surface area contributed by atoms with Gasteiger partial charge < -0.3 is 14.8 Å². The number of sulfonamides is 1. The van der Waals surface area contributed by atoms with Gasteiger partial charge in [-0.05, 0) is 55.3 Å². The van der Waals surface area contributed by atoms with Gasteiger partial charge in [-0.2, -0.15) is 0 Å². The van der Waals surface area contributed by atoms with Crippen molar-refractivity contribution in [2.24, 2.45) is 0 Å². The number of hydrogen-bond donors (Lipinski definition) is 2. The van der Waals surface area contributed by atoms with E-state index in [0.29, 0.717) is 36.0 Å². The van der Waals surface area contributed by atoms with Crippen molar-refractivity contribution in [1.82, 2.24) is 4.72 Å². The molecule has 2 aromatic carbocycles. The van der Waals surface area contributed by atoms with E-state index in [4.69, 9.17) is 9.47 Å². The molecule has 0 saturated carbocycles. The van der Waals surface area contributed by atoms with Crippen molar-refractivity contribution in [3.63, 3.8) is 0 Å². The summed E-state index contributed by atoms with van der Waals surface area (Å²) in [5, 5.41) is 2.74. The van der Waals surface area contributed by atoms with Crippen LogP contribution < -0.4 is 19.5 Å². The van der Waals surface area contributed by atoms with Crippen molar-refractivity contribution >= 4 is 21.6 Å². The molecule has 2 aliphatic heterocycles. The van der Waals surface area contributed by atoms with Gasteiger partial charge in [-0.15, -0.1) is 0 Å². The molecule has 1 amide bonds. The van der Waals surface area contributed by atoms with Crippen molar-refractivity contribution in [3.8, 4) is 11.5 Å². The van der Waals surface area contributed by atoms with E-state index in [9.17, 15) is 13.2 Å². The molecule has 7 nitrogen and oxygen atoms in total. The number of amides is 1. The maximum atomic E-state index is 12.8. The lowest BCUT2D eigenvalue weighted by Crippen LogP contribution is -2.27. The Kier molecular flexibility index (Phi) is 4.32. The fraction of sp³-hybridized carbons (Fsp3) is 0.316. The highest BCUT2D eigenvalue weighted by molar-refractivity contribution is 7.89. The SMILES string of the molecule is C[C@@H]1C(=O)Nc2ccc(S(=O)(=O)N[C@H](C)c3ccc4c(c3)OCCO4)cc21. The number of carbonyl (C=O) groups excluding carboxylic acids is 1. The van der Waals surface area contributed by atoms with Crippen molar-refractivity contribution in [2.45, 2.75) is 30.7 Å². The Morgan fingerprint density at radius 2 is 1.85 bits per heavy atom. The molecule has 0 bridgehead atoms. The minimum absolute atomic E-state index is 0.128. The number of rotatable bonds is 4. The highest BCUT2D eigenvalue weighted by Crippen LogP contribution is 2.35. The summed E-state index contributed by atoms with van der Waals surface area (Å²) in [6, 6.07) is 9.59. The van der Waals surface area contributed by atoms with Crippen molar-refractivity contribution < 1.29 is 22.7 Å². The van der Waals surface area contributed by atoms with Gasteiger partial charge in [-0.25, -0.2) is 13.1 Å². The number of benzene rings is 2. The van der Waals surface area contributed by atoms with E-state index < -0.39 is 16.1 Å². The van der Waals surface area contributed by atoms with Crippen LogP contribution in [0.15, 0.2) is 41.3 Å². The largest absolute Gasteiger partial charge is 0.486 e. The molecule has 2 aliphatic rings. The molecule has 2 aromatic rings. The van der Waals surface area contributed by atoms with Gasteiger partial charge in [0.1, 0.15) is 13.2 Å². The standard InChI is InChI=1S/C19H20N2O5S/c1-11-15-10-14(4-5-16(15)20-19(11)22)27(23,24)21-12(2)13-3-6-17-18(9-13)26-8-7-25-17/h3-6,9-12,21H,7-8H2,1-2H3,(H,20,22)/t11-,12+/m0/s1. The number of nitrogens with one attached hydrogen (secondary N) is 2. The van der Waals surface area contributed by atoms with Crippen LogP contribution in [0.1, 0.15) is 36.9 Å². The number of anilines is 1. The normalized spacial score (nSPS) is 19.3. The molecule has 0 unspecified atom stereocenters. The molecule has 2 N–H and O–H groups in total. The van der Waals surface area contributed by atoms with Crippen LogP contribution in [0.2, 0.25) is 0 Å². The van der Waals surface area contributed by atoms with E-state index in [0.717, 1.165) is 5.56 Å². The second-order valence-electron chi connectivity index (χ2n) is 6.71. The molecule has 0 fully saturated rings. The second kappa shape index (κ2) is 6.54. The third-order valence-corrected chi connectivity index (χ3v) is 6.39. The quantitative estimate of drug-likeness (QED) is 0.840. The third-order valence-electron chi connectivity index (χ3n) is 4.85. The molecule has 0 aromatic heterocycles. The molecule has 27 heavy (non-hydrogen) atoms. The highest BCUT2D eigenvalue weighted by Gasteiger charge is 2.29. The third kappa shape index (κ3) is 3.26. The average Bonchev–Trinajstić information content (AvgIpc) is 2.94. The predicted octanol–water partition coefficient (Wildman–Crippen LogP) is 2.55. The maximum Gasteiger partial charge on any atom is 0.241 e. The fourth-order valence-corrected chi connectivity index (χ4v) is 4.53. The van der Waals surface area contributed by atoms with Gasteiger partial charge in [0.2, 0.25) is 15.9 Å². The summed E-state index contributed by atoms with van der Waals surface area (Å²) < 4.78 is 39.4. The van der Waals surface area contributed by atoms with Gasteiger partial charge in [-0.3, -0.25) is 4.79 Å². The molecule has 4 rings (SSSR count). The van der Waals surface area contributed by atoms with Crippen LogP contribution in [0.4, 0.5) is 5.69 Å². The lowest BCUT2D eigenvalue weighted by molar-refractivity contribution is -0.116. The topological polar surface area (TPSA) is 93.7 Å². The van der Waals surface area contributed by atoms with Crippen LogP contribution in [0, 0.1) is 0 Å². The molecule has 0 aliphatic carbocycles. The Balaban J connectivity index is 1.58. The van der Waals surface area contributed by atoms with Crippen LogP contribution in [0.3, 0.4) is 0 Å². The van der Waals surface area contributed by atoms with E-state index in [2.05, 4.69) is 10.0 Å². The maximum absolute atomic E-state index is 12.8. The molecule has 8 heteroatoms. The summed E-state index contributed by atoms with van der Waals surface area (Å²) in [5.41, 5.74) is 2.12. The number of fused-ring (bicyclic) bond motifs is 2. The molecule has 0 radical (unpaired) electrons. The smallest absolute Gasteiger partial charge is 0.241 e. The summed E-state index contributed by atoms with van der Waals surface area (Å²) >= 11 is 0. The van der Waals surface area contributed by atoms with Gasteiger partial charge >= 0.3 is 0 Å². The van der Waals surface area contributed by atoms with E-state index in [1.165, 1.54) is 6.07 Å². The Morgan fingerprint density at radius 3 is 2.63 bits per heavy atom. The molecular formula is C19H20N2O5S. The van der Waals surface area contributed by atoms with E-state index in [1.807, 2.05) is 6.07 Å². The van der Waals surface area contributed by atoms with Crippen LogP contribution in [-0.2, 0) is 14.8 Å². The van der Waals surface area contributed by atoms with Crippen LogP contribution in [0.5, 0.6) is 11.5 Å². The van der Waals surface area contributed by atoms with E-state index >= 15 is 0 Å². The molecule has 142 valence electrons. The first kappa shape index (κ1) is 17.8. The molecule has 2 atom stereocenters. The zero-order valence-electron chi connectivity index (χ0n) is 15.0. The number of ether oxygens (including phenoxy) is 2. The Morgan fingerprint density at radius 1 is 1.11 bits per heavy atom. The fourth-order valence-electron chi connectivity index (χ4n) is 3.26. The van der Waals surface area contributed by atoms with Crippen LogP contribution in [-0.4, -0.2) is 27.5 Å². The summed E-state index contributed by atoms with van der Waals surface area (Å²) in [6.45, 7) is 4.49.